The minimum absolute atomic E-state index is 0.540. The first-order chi connectivity index (χ1) is 7.83. The molecule has 2 rings (SSSR count). The molecule has 0 fully saturated rings. The summed E-state index contributed by atoms with van der Waals surface area (Å²) in [6.07, 6.45) is 3.10. The Hall–Kier alpha value is -2.35. The Kier molecular flexibility index (Phi) is 2.83. The van der Waals surface area contributed by atoms with Crippen LogP contribution < -0.4 is 4.74 Å². The molecule has 0 saturated carbocycles. The Morgan fingerprint density at radius 2 is 2.38 bits per heavy atom. The molecular weight excluding hydrogens is 204 g/mol. The summed E-state index contributed by atoms with van der Waals surface area (Å²) in [4.78, 5) is 3.86. The van der Waals surface area contributed by atoms with E-state index in [1.807, 2.05) is 0 Å². The highest BCUT2D eigenvalue weighted by Crippen LogP contribution is 2.20. The van der Waals surface area contributed by atoms with Gasteiger partial charge in [0.05, 0.1) is 25.3 Å². The summed E-state index contributed by atoms with van der Waals surface area (Å²) in [5.74, 6) is 0.745. The van der Waals surface area contributed by atoms with Crippen LogP contribution in [0.15, 0.2) is 30.9 Å². The summed E-state index contributed by atoms with van der Waals surface area (Å²) in [6.45, 7) is 0.540. The molecule has 0 aliphatic rings. The lowest BCUT2D eigenvalue weighted by molar-refractivity contribution is 0.407. The average Bonchev–Trinajstić information content (AvgIpc) is 2.82. The SMILES string of the molecule is COc1ccc(C#N)cc1Cn1cncn1. The smallest absolute Gasteiger partial charge is 0.137 e. The van der Waals surface area contributed by atoms with E-state index in [9.17, 15) is 0 Å². The lowest BCUT2D eigenvalue weighted by Crippen LogP contribution is -2.02. The van der Waals surface area contributed by atoms with Gasteiger partial charge in [-0.3, -0.25) is 0 Å². The maximum atomic E-state index is 8.83. The summed E-state index contributed by atoms with van der Waals surface area (Å²) in [5, 5.41) is 12.8. The second kappa shape index (κ2) is 4.45. The number of hydrogen-bond acceptors (Lipinski definition) is 4. The first kappa shape index (κ1) is 10.2. The molecule has 1 aromatic carbocycles. The summed E-state index contributed by atoms with van der Waals surface area (Å²) in [7, 11) is 1.60. The fourth-order valence-electron chi connectivity index (χ4n) is 1.46. The second-order valence-electron chi connectivity index (χ2n) is 3.23. The van der Waals surface area contributed by atoms with Gasteiger partial charge in [-0.2, -0.15) is 10.4 Å². The van der Waals surface area contributed by atoms with Crippen LogP contribution in [0.5, 0.6) is 5.75 Å². The monoisotopic (exact) mass is 214 g/mol. The molecule has 0 bridgehead atoms. The third-order valence-corrected chi connectivity index (χ3v) is 2.21. The molecule has 1 heterocycles. The number of hydrogen-bond donors (Lipinski definition) is 0. The number of benzene rings is 1. The molecule has 0 spiro atoms. The lowest BCUT2D eigenvalue weighted by Gasteiger charge is -2.08. The molecular formula is C11H10N4O. The van der Waals surface area contributed by atoms with Gasteiger partial charge < -0.3 is 4.74 Å². The largest absolute Gasteiger partial charge is 0.496 e. The summed E-state index contributed by atoms with van der Waals surface area (Å²) >= 11 is 0. The zero-order valence-corrected chi connectivity index (χ0v) is 8.79. The Morgan fingerprint density at radius 3 is 3.00 bits per heavy atom. The predicted molar refractivity (Wildman–Crippen MR) is 56.8 cm³/mol. The van der Waals surface area contributed by atoms with E-state index in [2.05, 4.69) is 16.2 Å². The van der Waals surface area contributed by atoms with Gasteiger partial charge in [0.15, 0.2) is 0 Å². The van der Waals surface area contributed by atoms with Gasteiger partial charge in [-0.1, -0.05) is 0 Å². The van der Waals surface area contributed by atoms with Gasteiger partial charge in [-0.05, 0) is 18.2 Å². The molecule has 0 saturated heterocycles. The van der Waals surface area contributed by atoms with Crippen LogP contribution in [0, 0.1) is 11.3 Å². The van der Waals surface area contributed by atoms with Gasteiger partial charge in [0.2, 0.25) is 0 Å². The molecule has 0 unspecified atom stereocenters. The summed E-state index contributed by atoms with van der Waals surface area (Å²) in [6, 6.07) is 7.40. The van der Waals surface area contributed by atoms with Crippen LogP contribution in [0.25, 0.3) is 0 Å². The van der Waals surface area contributed by atoms with Crippen LogP contribution in [0.1, 0.15) is 11.1 Å². The first-order valence-electron chi connectivity index (χ1n) is 4.73. The van der Waals surface area contributed by atoms with Crippen LogP contribution >= 0.6 is 0 Å². The fourth-order valence-corrected chi connectivity index (χ4v) is 1.46. The molecule has 1 aromatic heterocycles. The maximum Gasteiger partial charge on any atom is 0.137 e. The van der Waals surface area contributed by atoms with E-state index < -0.39 is 0 Å². The first-order valence-corrected chi connectivity index (χ1v) is 4.73. The Bertz CT molecular complexity index is 513. The molecule has 80 valence electrons. The summed E-state index contributed by atoms with van der Waals surface area (Å²) < 4.78 is 6.90. The highest BCUT2D eigenvalue weighted by molar-refractivity contribution is 5.42. The standard InChI is InChI=1S/C11H10N4O/c1-16-11-3-2-9(5-12)4-10(11)6-15-8-13-7-14-15/h2-4,7-8H,6H2,1H3. The molecule has 5 nitrogen and oxygen atoms in total. The lowest BCUT2D eigenvalue weighted by atomic mass is 10.1. The second-order valence-corrected chi connectivity index (χ2v) is 3.23. The number of nitrogens with zero attached hydrogens (tertiary/aromatic N) is 4. The Labute approximate surface area is 92.9 Å². The topological polar surface area (TPSA) is 63.7 Å². The van der Waals surface area contributed by atoms with Gasteiger partial charge in [0.25, 0.3) is 0 Å². The third-order valence-electron chi connectivity index (χ3n) is 2.21. The van der Waals surface area contributed by atoms with E-state index in [1.165, 1.54) is 6.33 Å². The molecule has 0 radical (unpaired) electrons. The number of aromatic nitrogens is 3. The van der Waals surface area contributed by atoms with E-state index in [1.54, 1.807) is 36.3 Å². The van der Waals surface area contributed by atoms with Gasteiger partial charge >= 0.3 is 0 Å². The fraction of sp³-hybridized carbons (Fsp3) is 0.182. The quantitative estimate of drug-likeness (QED) is 0.770. The zero-order valence-electron chi connectivity index (χ0n) is 8.79. The van der Waals surface area contributed by atoms with E-state index in [-0.39, 0.29) is 0 Å². The van der Waals surface area contributed by atoms with Gasteiger partial charge in [0.1, 0.15) is 18.4 Å². The molecule has 0 amide bonds. The molecule has 5 heteroatoms. The van der Waals surface area contributed by atoms with Crippen molar-refractivity contribution in [2.24, 2.45) is 0 Å². The van der Waals surface area contributed by atoms with E-state index in [0.717, 1.165) is 11.3 Å². The molecule has 2 aromatic rings. The molecule has 0 N–H and O–H groups in total. The van der Waals surface area contributed by atoms with Crippen molar-refractivity contribution in [3.63, 3.8) is 0 Å². The normalized spacial score (nSPS) is 9.75. The minimum Gasteiger partial charge on any atom is -0.496 e. The predicted octanol–water partition coefficient (Wildman–Crippen LogP) is 1.21. The minimum atomic E-state index is 0.540. The highest BCUT2D eigenvalue weighted by atomic mass is 16.5. The van der Waals surface area contributed by atoms with Crippen LogP contribution in [0.2, 0.25) is 0 Å². The maximum absolute atomic E-state index is 8.83. The van der Waals surface area contributed by atoms with Crippen LogP contribution in [0.4, 0.5) is 0 Å². The Balaban J connectivity index is 2.34. The average molecular weight is 214 g/mol. The van der Waals surface area contributed by atoms with Crippen molar-refractivity contribution in [2.75, 3.05) is 7.11 Å². The van der Waals surface area contributed by atoms with Gasteiger partial charge in [0, 0.05) is 5.56 Å². The molecule has 0 aliphatic heterocycles. The summed E-state index contributed by atoms with van der Waals surface area (Å²) in [5.41, 5.74) is 1.52. The highest BCUT2D eigenvalue weighted by Gasteiger charge is 2.05. The van der Waals surface area contributed by atoms with E-state index in [4.69, 9.17) is 10.00 Å². The van der Waals surface area contributed by atoms with Crippen LogP contribution in [0.3, 0.4) is 0 Å². The van der Waals surface area contributed by atoms with Crippen molar-refractivity contribution in [3.8, 4) is 11.8 Å². The van der Waals surface area contributed by atoms with E-state index >= 15 is 0 Å². The number of nitriles is 1. The van der Waals surface area contributed by atoms with Crippen molar-refractivity contribution >= 4 is 0 Å². The number of methoxy groups -OCH3 is 1. The number of ether oxygens (including phenoxy) is 1. The van der Waals surface area contributed by atoms with Crippen LogP contribution in [-0.2, 0) is 6.54 Å². The Morgan fingerprint density at radius 1 is 1.50 bits per heavy atom. The zero-order chi connectivity index (χ0) is 11.4. The van der Waals surface area contributed by atoms with Crippen molar-refractivity contribution in [1.82, 2.24) is 14.8 Å². The molecule has 0 atom stereocenters. The molecule has 0 aliphatic carbocycles. The number of rotatable bonds is 3. The third kappa shape index (κ3) is 2.01. The van der Waals surface area contributed by atoms with Crippen molar-refractivity contribution in [3.05, 3.63) is 42.0 Å². The van der Waals surface area contributed by atoms with Gasteiger partial charge in [-0.25, -0.2) is 9.67 Å². The van der Waals surface area contributed by atoms with E-state index in [0.29, 0.717) is 12.1 Å². The van der Waals surface area contributed by atoms with Gasteiger partial charge in [-0.15, -0.1) is 0 Å². The van der Waals surface area contributed by atoms with Crippen molar-refractivity contribution in [1.29, 1.82) is 5.26 Å². The van der Waals surface area contributed by atoms with Crippen LogP contribution in [-0.4, -0.2) is 21.9 Å². The van der Waals surface area contributed by atoms with Crippen molar-refractivity contribution in [2.45, 2.75) is 6.54 Å². The van der Waals surface area contributed by atoms with Crippen molar-refractivity contribution < 1.29 is 4.74 Å². The molecule has 16 heavy (non-hydrogen) atoms.